The number of rotatable bonds is 7. The summed E-state index contributed by atoms with van der Waals surface area (Å²) in [6.45, 7) is 1.66. The smallest absolute Gasteiger partial charge is 0.407 e. The minimum Gasteiger partial charge on any atom is -0.449 e. The quantitative estimate of drug-likeness (QED) is 0.551. The summed E-state index contributed by atoms with van der Waals surface area (Å²) in [6, 6.07) is 0. The van der Waals surface area contributed by atoms with Crippen molar-refractivity contribution in [3.8, 4) is 0 Å². The molecule has 0 aromatic rings. The summed E-state index contributed by atoms with van der Waals surface area (Å²) < 4.78 is 10.3. The van der Waals surface area contributed by atoms with Crippen molar-refractivity contribution in [3.05, 3.63) is 12.2 Å². The molecule has 2 rings (SSSR count). The molecule has 0 saturated heterocycles. The molecule has 0 bridgehead atoms. The van der Waals surface area contributed by atoms with Crippen molar-refractivity contribution in [3.63, 3.8) is 0 Å². The number of nitrogens with one attached hydrogen (secondary N) is 1. The van der Waals surface area contributed by atoms with Gasteiger partial charge in [-0.25, -0.2) is 4.79 Å². The van der Waals surface area contributed by atoms with Crippen LogP contribution in [0.15, 0.2) is 12.2 Å². The van der Waals surface area contributed by atoms with E-state index in [1.165, 1.54) is 12.8 Å². The Bertz CT molecular complexity index is 316. The second-order valence-electron chi connectivity index (χ2n) is 5.48. The zero-order valence-corrected chi connectivity index (χ0v) is 11.9. The van der Waals surface area contributed by atoms with Crippen molar-refractivity contribution in [1.29, 1.82) is 0 Å². The predicted octanol–water partition coefficient (Wildman–Crippen LogP) is 1.71. The van der Waals surface area contributed by atoms with E-state index in [1.807, 2.05) is 0 Å². The molecule has 0 aliphatic heterocycles. The van der Waals surface area contributed by atoms with E-state index in [2.05, 4.69) is 17.5 Å². The van der Waals surface area contributed by atoms with Crippen molar-refractivity contribution < 1.29 is 19.4 Å². The van der Waals surface area contributed by atoms with E-state index in [4.69, 9.17) is 14.6 Å². The van der Waals surface area contributed by atoms with Gasteiger partial charge in [0.1, 0.15) is 0 Å². The third kappa shape index (κ3) is 4.80. The Morgan fingerprint density at radius 1 is 1.20 bits per heavy atom. The molecule has 0 radical (unpaired) electrons. The number of aliphatic hydroxyl groups excluding tert-OH is 1. The third-order valence-electron chi connectivity index (χ3n) is 4.17. The minimum absolute atomic E-state index is 0.00373. The van der Waals surface area contributed by atoms with Gasteiger partial charge in [0.2, 0.25) is 0 Å². The number of hydrogen-bond acceptors (Lipinski definition) is 4. The van der Waals surface area contributed by atoms with Gasteiger partial charge in [0.15, 0.2) is 0 Å². The molecule has 1 saturated carbocycles. The van der Waals surface area contributed by atoms with Crippen LogP contribution in [-0.2, 0) is 9.47 Å². The summed E-state index contributed by atoms with van der Waals surface area (Å²) in [5, 5.41) is 11.2. The second kappa shape index (κ2) is 8.27. The first-order valence-corrected chi connectivity index (χ1v) is 7.57. The fourth-order valence-corrected chi connectivity index (χ4v) is 3.06. The van der Waals surface area contributed by atoms with Crippen molar-refractivity contribution in [2.45, 2.75) is 25.7 Å². The van der Waals surface area contributed by atoms with Gasteiger partial charge in [-0.15, -0.1) is 0 Å². The van der Waals surface area contributed by atoms with Gasteiger partial charge in [0.25, 0.3) is 0 Å². The molecule has 0 aromatic heterocycles. The van der Waals surface area contributed by atoms with E-state index in [1.54, 1.807) is 0 Å². The number of aliphatic hydroxyl groups is 1. The van der Waals surface area contributed by atoms with Crippen LogP contribution in [0.1, 0.15) is 25.7 Å². The zero-order valence-electron chi connectivity index (χ0n) is 11.9. The first kappa shape index (κ1) is 15.3. The van der Waals surface area contributed by atoms with E-state index < -0.39 is 0 Å². The van der Waals surface area contributed by atoms with Crippen LogP contribution in [0.25, 0.3) is 0 Å². The van der Waals surface area contributed by atoms with Crippen LogP contribution < -0.4 is 5.32 Å². The number of ether oxygens (including phenoxy) is 2. The van der Waals surface area contributed by atoms with Crippen LogP contribution in [0.2, 0.25) is 0 Å². The lowest BCUT2D eigenvalue weighted by molar-refractivity contribution is 0.0900. The number of fused-ring (bicyclic) bond motifs is 1. The number of amides is 1. The topological polar surface area (TPSA) is 67.8 Å². The minimum atomic E-state index is -0.366. The molecule has 1 unspecified atom stereocenters. The highest BCUT2D eigenvalue weighted by atomic mass is 16.5. The van der Waals surface area contributed by atoms with Crippen LogP contribution in [0, 0.1) is 17.8 Å². The molecule has 0 spiro atoms. The largest absolute Gasteiger partial charge is 0.449 e. The summed E-state index contributed by atoms with van der Waals surface area (Å²) >= 11 is 0. The Hall–Kier alpha value is -1.07. The van der Waals surface area contributed by atoms with E-state index in [0.29, 0.717) is 32.3 Å². The Kier molecular flexibility index (Phi) is 6.33. The van der Waals surface area contributed by atoms with Crippen molar-refractivity contribution in [2.75, 3.05) is 33.0 Å². The molecule has 0 aromatic carbocycles. The van der Waals surface area contributed by atoms with Gasteiger partial charge < -0.3 is 19.9 Å². The maximum absolute atomic E-state index is 11.5. The molecular weight excluding hydrogens is 258 g/mol. The van der Waals surface area contributed by atoms with Gasteiger partial charge in [0.05, 0.1) is 26.4 Å². The number of carbonyl (C=O) groups is 1. The SMILES string of the molecule is O=C(NCCOCCO)OCC1[C@H]2CC/C=C\CC[C@@H]12. The molecule has 5 heteroatoms. The fraction of sp³-hybridized carbons (Fsp3) is 0.800. The monoisotopic (exact) mass is 283 g/mol. The lowest BCUT2D eigenvalue weighted by Gasteiger charge is -2.07. The van der Waals surface area contributed by atoms with Crippen molar-refractivity contribution in [2.24, 2.45) is 17.8 Å². The van der Waals surface area contributed by atoms with Crippen LogP contribution in [0.4, 0.5) is 4.79 Å². The van der Waals surface area contributed by atoms with E-state index in [9.17, 15) is 4.79 Å². The zero-order chi connectivity index (χ0) is 14.2. The summed E-state index contributed by atoms with van der Waals surface area (Å²) in [7, 11) is 0. The Morgan fingerprint density at radius 3 is 2.55 bits per heavy atom. The summed E-state index contributed by atoms with van der Waals surface area (Å²) in [5.74, 6) is 2.06. The molecule has 114 valence electrons. The first-order valence-electron chi connectivity index (χ1n) is 7.57. The Morgan fingerprint density at radius 2 is 1.90 bits per heavy atom. The molecule has 0 heterocycles. The van der Waals surface area contributed by atoms with Crippen LogP contribution >= 0.6 is 0 Å². The fourth-order valence-electron chi connectivity index (χ4n) is 3.06. The summed E-state index contributed by atoms with van der Waals surface area (Å²) in [4.78, 5) is 11.5. The number of alkyl carbamates (subject to hydrolysis) is 1. The number of carbonyl (C=O) groups excluding carboxylic acids is 1. The van der Waals surface area contributed by atoms with Gasteiger partial charge in [-0.05, 0) is 43.4 Å². The highest BCUT2D eigenvalue weighted by Crippen LogP contribution is 2.52. The summed E-state index contributed by atoms with van der Waals surface area (Å²) in [6.07, 6.45) is 8.95. The van der Waals surface area contributed by atoms with E-state index in [0.717, 1.165) is 24.7 Å². The highest BCUT2D eigenvalue weighted by Gasteiger charge is 2.49. The van der Waals surface area contributed by atoms with Crippen LogP contribution in [-0.4, -0.2) is 44.2 Å². The van der Waals surface area contributed by atoms with Gasteiger partial charge >= 0.3 is 6.09 Å². The molecule has 3 atom stereocenters. The van der Waals surface area contributed by atoms with Crippen molar-refractivity contribution >= 4 is 6.09 Å². The van der Waals surface area contributed by atoms with E-state index >= 15 is 0 Å². The predicted molar refractivity (Wildman–Crippen MR) is 75.3 cm³/mol. The maximum atomic E-state index is 11.5. The van der Waals surface area contributed by atoms with Gasteiger partial charge in [-0.3, -0.25) is 0 Å². The van der Waals surface area contributed by atoms with Crippen molar-refractivity contribution in [1.82, 2.24) is 5.32 Å². The van der Waals surface area contributed by atoms with Gasteiger partial charge in [0, 0.05) is 6.54 Å². The molecule has 5 nitrogen and oxygen atoms in total. The molecule has 1 amide bonds. The highest BCUT2D eigenvalue weighted by molar-refractivity contribution is 5.67. The lowest BCUT2D eigenvalue weighted by Crippen LogP contribution is -2.29. The molecule has 2 aliphatic carbocycles. The Labute approximate surface area is 120 Å². The molecule has 2 N–H and O–H groups in total. The molecule has 1 fully saturated rings. The average molecular weight is 283 g/mol. The third-order valence-corrected chi connectivity index (χ3v) is 4.17. The second-order valence-corrected chi connectivity index (χ2v) is 5.48. The Balaban J connectivity index is 1.53. The average Bonchev–Trinajstić information content (AvgIpc) is 3.06. The van der Waals surface area contributed by atoms with Gasteiger partial charge in [-0.1, -0.05) is 12.2 Å². The normalized spacial score (nSPS) is 29.8. The molecular formula is C15H25NO4. The lowest BCUT2D eigenvalue weighted by atomic mass is 10.1. The van der Waals surface area contributed by atoms with Crippen LogP contribution in [0.5, 0.6) is 0 Å². The standard InChI is InChI=1S/C15H25NO4/c17-8-10-19-9-7-16-15(18)20-11-14-12-5-3-1-2-4-6-13(12)14/h1-2,12-14,17H,3-11H2,(H,16,18)/b2-1-/t12-,13+,14?. The number of hydrogen-bond donors (Lipinski definition) is 2. The van der Waals surface area contributed by atoms with Gasteiger partial charge in [-0.2, -0.15) is 0 Å². The number of allylic oxidation sites excluding steroid dienone is 2. The van der Waals surface area contributed by atoms with E-state index in [-0.39, 0.29) is 12.7 Å². The molecule has 2 aliphatic rings. The maximum Gasteiger partial charge on any atom is 0.407 e. The van der Waals surface area contributed by atoms with Crippen LogP contribution in [0.3, 0.4) is 0 Å². The molecule has 20 heavy (non-hydrogen) atoms. The first-order chi connectivity index (χ1) is 9.83. The summed E-state index contributed by atoms with van der Waals surface area (Å²) in [5.41, 5.74) is 0.